The largest absolute Gasteiger partial charge is 0.445 e. The van der Waals surface area contributed by atoms with E-state index in [0.29, 0.717) is 13.0 Å². The smallest absolute Gasteiger partial charge is 0.410 e. The van der Waals surface area contributed by atoms with Crippen LogP contribution in [0.25, 0.3) is 0 Å². The average Bonchev–Trinajstić information content (AvgIpc) is 2.97. The second-order valence-corrected chi connectivity index (χ2v) is 8.47. The number of piperazine rings is 1. The number of carbonyl (C=O) groups is 2. The number of rotatable bonds is 4. The van der Waals surface area contributed by atoms with Gasteiger partial charge in [-0.15, -0.1) is 6.58 Å². The Morgan fingerprint density at radius 2 is 1.89 bits per heavy atom. The molecule has 6 heteroatoms. The Hall–Kier alpha value is -2.50. The Morgan fingerprint density at radius 3 is 2.54 bits per heavy atom. The monoisotopic (exact) mass is 386 g/mol. The summed E-state index contributed by atoms with van der Waals surface area (Å²) in [5, 5.41) is 0. The zero-order valence-electron chi connectivity index (χ0n) is 17.0. The van der Waals surface area contributed by atoms with Crippen molar-refractivity contribution in [1.82, 2.24) is 9.80 Å². The lowest BCUT2D eigenvalue weighted by Gasteiger charge is -2.46. The second kappa shape index (κ2) is 8.25. The third kappa shape index (κ3) is 4.49. The summed E-state index contributed by atoms with van der Waals surface area (Å²) < 4.78 is 11.2. The van der Waals surface area contributed by atoms with Gasteiger partial charge in [-0.05, 0) is 45.6 Å². The lowest BCUT2D eigenvalue weighted by Crippen LogP contribution is -2.62. The number of nitrogens with zero attached hydrogens (tertiary/aromatic N) is 2. The Labute approximate surface area is 167 Å². The molecule has 1 aromatic carbocycles. The molecule has 0 N–H and O–H groups in total. The highest BCUT2D eigenvalue weighted by molar-refractivity contribution is 5.72. The van der Waals surface area contributed by atoms with Crippen molar-refractivity contribution in [3.8, 4) is 0 Å². The lowest BCUT2D eigenvalue weighted by molar-refractivity contribution is -0.0225. The average molecular weight is 386 g/mol. The van der Waals surface area contributed by atoms with Gasteiger partial charge in [0.25, 0.3) is 0 Å². The van der Waals surface area contributed by atoms with Gasteiger partial charge in [-0.1, -0.05) is 36.4 Å². The summed E-state index contributed by atoms with van der Waals surface area (Å²) in [6.07, 6.45) is 3.48. The van der Waals surface area contributed by atoms with Gasteiger partial charge in [0.05, 0.1) is 18.1 Å². The topological polar surface area (TPSA) is 59.1 Å². The van der Waals surface area contributed by atoms with Crippen molar-refractivity contribution in [1.29, 1.82) is 0 Å². The van der Waals surface area contributed by atoms with E-state index in [1.54, 1.807) is 11.0 Å². The summed E-state index contributed by atoms with van der Waals surface area (Å²) in [6.45, 7) is 10.1. The van der Waals surface area contributed by atoms with Crippen LogP contribution in [-0.4, -0.2) is 52.3 Å². The number of amides is 2. The molecule has 2 saturated heterocycles. The summed E-state index contributed by atoms with van der Waals surface area (Å²) in [5.74, 6) is 0. The number of hydrogen-bond acceptors (Lipinski definition) is 4. The Kier molecular flexibility index (Phi) is 5.96. The van der Waals surface area contributed by atoms with Crippen LogP contribution in [0.5, 0.6) is 0 Å². The molecular formula is C22H30N2O4. The predicted octanol–water partition coefficient (Wildman–Crippen LogP) is 4.35. The minimum atomic E-state index is -0.545. The molecule has 28 heavy (non-hydrogen) atoms. The van der Waals surface area contributed by atoms with Crippen LogP contribution in [0.1, 0.15) is 45.6 Å². The lowest BCUT2D eigenvalue weighted by atomic mass is 10.00. The fraction of sp³-hybridized carbons (Fsp3) is 0.545. The van der Waals surface area contributed by atoms with E-state index in [1.807, 2.05) is 56.0 Å². The first-order valence-electron chi connectivity index (χ1n) is 9.89. The van der Waals surface area contributed by atoms with Crippen LogP contribution in [0.15, 0.2) is 43.0 Å². The van der Waals surface area contributed by atoms with Crippen molar-refractivity contribution in [2.24, 2.45) is 0 Å². The molecule has 0 radical (unpaired) electrons. The second-order valence-electron chi connectivity index (χ2n) is 8.47. The number of ether oxygens (including phenoxy) is 2. The normalized spacial score (nSPS) is 24.0. The van der Waals surface area contributed by atoms with Gasteiger partial charge in [0.1, 0.15) is 12.2 Å². The fourth-order valence-corrected chi connectivity index (χ4v) is 4.11. The molecule has 0 aliphatic carbocycles. The summed E-state index contributed by atoms with van der Waals surface area (Å²) >= 11 is 0. The van der Waals surface area contributed by atoms with E-state index in [4.69, 9.17) is 9.47 Å². The molecule has 0 spiro atoms. The minimum absolute atomic E-state index is 0.0369. The van der Waals surface area contributed by atoms with Crippen molar-refractivity contribution in [2.45, 2.75) is 70.4 Å². The Balaban J connectivity index is 1.71. The SMILES string of the molecule is C=CC[C@@H]1[C@@H]2CC[C@H](CN1C(=O)OCc1ccccc1)N2C(=O)OC(C)(C)C. The van der Waals surface area contributed by atoms with Gasteiger partial charge < -0.3 is 14.4 Å². The molecule has 2 heterocycles. The molecule has 2 aliphatic rings. The third-order valence-corrected chi connectivity index (χ3v) is 5.25. The van der Waals surface area contributed by atoms with E-state index in [2.05, 4.69) is 6.58 Å². The first-order chi connectivity index (χ1) is 13.3. The van der Waals surface area contributed by atoms with Crippen LogP contribution >= 0.6 is 0 Å². The van der Waals surface area contributed by atoms with Crippen LogP contribution in [0, 0.1) is 0 Å². The predicted molar refractivity (Wildman–Crippen MR) is 107 cm³/mol. The van der Waals surface area contributed by atoms with Crippen molar-refractivity contribution < 1.29 is 19.1 Å². The van der Waals surface area contributed by atoms with Crippen LogP contribution in [-0.2, 0) is 16.1 Å². The molecule has 2 bridgehead atoms. The highest BCUT2D eigenvalue weighted by Crippen LogP contribution is 2.37. The van der Waals surface area contributed by atoms with Crippen molar-refractivity contribution in [2.75, 3.05) is 6.54 Å². The van der Waals surface area contributed by atoms with E-state index >= 15 is 0 Å². The molecule has 1 aromatic rings. The highest BCUT2D eigenvalue weighted by atomic mass is 16.6. The van der Waals surface area contributed by atoms with E-state index in [1.165, 1.54) is 0 Å². The van der Waals surface area contributed by atoms with Crippen molar-refractivity contribution in [3.63, 3.8) is 0 Å². The molecule has 2 aliphatic heterocycles. The van der Waals surface area contributed by atoms with Gasteiger partial charge >= 0.3 is 12.2 Å². The van der Waals surface area contributed by atoms with Crippen LogP contribution < -0.4 is 0 Å². The summed E-state index contributed by atoms with van der Waals surface area (Å²) in [5.41, 5.74) is 0.405. The van der Waals surface area contributed by atoms with Gasteiger partial charge in [0.15, 0.2) is 0 Å². The van der Waals surface area contributed by atoms with Gasteiger partial charge in [0.2, 0.25) is 0 Å². The van der Waals surface area contributed by atoms with Crippen LogP contribution in [0.3, 0.4) is 0 Å². The molecule has 0 aromatic heterocycles. The maximum atomic E-state index is 12.8. The maximum Gasteiger partial charge on any atom is 0.410 e. The molecular weight excluding hydrogens is 356 g/mol. The molecule has 3 atom stereocenters. The summed E-state index contributed by atoms with van der Waals surface area (Å²) in [6, 6.07) is 9.37. The van der Waals surface area contributed by atoms with Gasteiger partial charge in [-0.25, -0.2) is 9.59 Å². The summed E-state index contributed by atoms with van der Waals surface area (Å²) in [7, 11) is 0. The molecule has 2 amide bonds. The van der Waals surface area contributed by atoms with Crippen molar-refractivity contribution >= 4 is 12.2 Å². The third-order valence-electron chi connectivity index (χ3n) is 5.25. The molecule has 2 fully saturated rings. The van der Waals surface area contributed by atoms with Gasteiger partial charge in [0, 0.05) is 6.54 Å². The zero-order chi connectivity index (χ0) is 20.3. The highest BCUT2D eigenvalue weighted by Gasteiger charge is 2.50. The van der Waals surface area contributed by atoms with Crippen LogP contribution in [0.4, 0.5) is 9.59 Å². The fourth-order valence-electron chi connectivity index (χ4n) is 4.11. The molecule has 6 nitrogen and oxygen atoms in total. The molecule has 0 saturated carbocycles. The Bertz CT molecular complexity index is 713. The standard InChI is InChI=1S/C22H30N2O4/c1-5-9-18-19-13-12-17(24(19)21(26)28-22(2,3)4)14-23(18)20(25)27-15-16-10-7-6-8-11-16/h5-8,10-11,17-19H,1,9,12-15H2,2-4H3/t17-,18-,19+/m1/s1. The van der Waals surface area contributed by atoms with Gasteiger partial charge in [-0.3, -0.25) is 4.90 Å². The zero-order valence-corrected chi connectivity index (χ0v) is 17.0. The van der Waals surface area contributed by atoms with E-state index in [0.717, 1.165) is 18.4 Å². The molecule has 3 rings (SSSR count). The maximum absolute atomic E-state index is 12.8. The van der Waals surface area contributed by atoms with E-state index in [9.17, 15) is 9.59 Å². The summed E-state index contributed by atoms with van der Waals surface area (Å²) in [4.78, 5) is 29.2. The first-order valence-corrected chi connectivity index (χ1v) is 9.89. The number of likely N-dealkylation sites (tertiary alicyclic amines) is 1. The number of hydrogen-bond donors (Lipinski definition) is 0. The first kappa shape index (κ1) is 20.2. The number of carbonyl (C=O) groups excluding carboxylic acids is 2. The number of benzene rings is 1. The van der Waals surface area contributed by atoms with Crippen molar-refractivity contribution in [3.05, 3.63) is 48.6 Å². The molecule has 152 valence electrons. The number of fused-ring (bicyclic) bond motifs is 2. The molecule has 0 unspecified atom stereocenters. The minimum Gasteiger partial charge on any atom is -0.445 e. The van der Waals surface area contributed by atoms with Gasteiger partial charge in [-0.2, -0.15) is 0 Å². The van der Waals surface area contributed by atoms with E-state index in [-0.39, 0.29) is 36.9 Å². The van der Waals surface area contributed by atoms with Crippen LogP contribution in [0.2, 0.25) is 0 Å². The van der Waals surface area contributed by atoms with E-state index < -0.39 is 5.60 Å². The quantitative estimate of drug-likeness (QED) is 0.722. The Morgan fingerprint density at radius 1 is 1.18 bits per heavy atom.